The predicted octanol–water partition coefficient (Wildman–Crippen LogP) is -0.0185. The summed E-state index contributed by atoms with van der Waals surface area (Å²) in [4.78, 5) is 11.1. The number of aromatic nitrogens is 1. The standard InChI is InChI=1S/C7H10N2O2/c1-4-3-5(10)6(8)7(11)9(4)2/h3,10H,8H2,1-2H3. The highest BCUT2D eigenvalue weighted by Crippen LogP contribution is 2.14. The Morgan fingerprint density at radius 3 is 2.73 bits per heavy atom. The summed E-state index contributed by atoms with van der Waals surface area (Å²) in [7, 11) is 1.60. The average molecular weight is 154 g/mol. The van der Waals surface area contributed by atoms with E-state index in [1.807, 2.05) is 0 Å². The average Bonchev–Trinajstić information content (AvgIpc) is 1.97. The Kier molecular flexibility index (Phi) is 1.60. The number of nitrogen functional groups attached to an aromatic ring is 1. The molecule has 60 valence electrons. The zero-order valence-electron chi connectivity index (χ0n) is 6.46. The highest BCUT2D eigenvalue weighted by molar-refractivity contribution is 5.50. The topological polar surface area (TPSA) is 68.2 Å². The van der Waals surface area contributed by atoms with Gasteiger partial charge in [-0.2, -0.15) is 0 Å². The van der Waals surface area contributed by atoms with Gasteiger partial charge in [0.25, 0.3) is 5.56 Å². The van der Waals surface area contributed by atoms with E-state index < -0.39 is 0 Å². The number of anilines is 1. The molecule has 3 N–H and O–H groups in total. The quantitative estimate of drug-likeness (QED) is 0.552. The number of aryl methyl sites for hydroxylation is 1. The molecule has 0 aliphatic heterocycles. The smallest absolute Gasteiger partial charge is 0.277 e. The summed E-state index contributed by atoms with van der Waals surface area (Å²) in [6, 6.07) is 1.46. The van der Waals surface area contributed by atoms with Crippen molar-refractivity contribution >= 4 is 5.69 Å². The van der Waals surface area contributed by atoms with Crippen molar-refractivity contribution in [1.82, 2.24) is 4.57 Å². The van der Waals surface area contributed by atoms with Crippen molar-refractivity contribution in [1.29, 1.82) is 0 Å². The van der Waals surface area contributed by atoms with Crippen molar-refractivity contribution in [2.45, 2.75) is 6.92 Å². The molecular formula is C7H10N2O2. The van der Waals surface area contributed by atoms with Crippen molar-refractivity contribution in [2.75, 3.05) is 5.73 Å². The fourth-order valence-corrected chi connectivity index (χ4v) is 0.823. The van der Waals surface area contributed by atoms with E-state index in [-0.39, 0.29) is 17.0 Å². The van der Waals surface area contributed by atoms with E-state index in [0.29, 0.717) is 5.69 Å². The van der Waals surface area contributed by atoms with Crippen molar-refractivity contribution in [3.8, 4) is 5.75 Å². The van der Waals surface area contributed by atoms with Gasteiger partial charge in [0, 0.05) is 18.8 Å². The van der Waals surface area contributed by atoms with Crippen molar-refractivity contribution in [2.24, 2.45) is 7.05 Å². The van der Waals surface area contributed by atoms with E-state index in [1.165, 1.54) is 10.6 Å². The number of nitrogens with zero attached hydrogens (tertiary/aromatic N) is 1. The maximum Gasteiger partial charge on any atom is 0.277 e. The molecule has 0 atom stereocenters. The lowest BCUT2D eigenvalue weighted by Crippen LogP contribution is -2.21. The molecule has 0 unspecified atom stereocenters. The second-order valence-electron chi connectivity index (χ2n) is 2.45. The van der Waals surface area contributed by atoms with E-state index in [2.05, 4.69) is 0 Å². The molecule has 0 aromatic carbocycles. The van der Waals surface area contributed by atoms with Crippen LogP contribution in [0.1, 0.15) is 5.69 Å². The minimum Gasteiger partial charge on any atom is -0.506 e. The third-order valence-electron chi connectivity index (χ3n) is 1.69. The summed E-state index contributed by atoms with van der Waals surface area (Å²) in [5.41, 5.74) is 5.49. The molecule has 1 heterocycles. The molecule has 1 aromatic heterocycles. The summed E-state index contributed by atoms with van der Waals surface area (Å²) >= 11 is 0. The number of hydrogen-bond donors (Lipinski definition) is 2. The van der Waals surface area contributed by atoms with Gasteiger partial charge in [-0.15, -0.1) is 0 Å². The molecular weight excluding hydrogens is 144 g/mol. The van der Waals surface area contributed by atoms with Gasteiger partial charge < -0.3 is 15.4 Å². The van der Waals surface area contributed by atoms with Crippen molar-refractivity contribution in [3.05, 3.63) is 22.1 Å². The molecule has 0 aliphatic carbocycles. The summed E-state index contributed by atoms with van der Waals surface area (Å²) < 4.78 is 1.38. The molecule has 4 heteroatoms. The van der Waals surface area contributed by atoms with Gasteiger partial charge in [-0.05, 0) is 6.92 Å². The van der Waals surface area contributed by atoms with Crippen LogP contribution in [0.4, 0.5) is 5.69 Å². The molecule has 0 spiro atoms. The van der Waals surface area contributed by atoms with Crippen LogP contribution in [0.25, 0.3) is 0 Å². The highest BCUT2D eigenvalue weighted by atomic mass is 16.3. The first-order chi connectivity index (χ1) is 5.04. The first-order valence-corrected chi connectivity index (χ1v) is 3.19. The molecule has 1 aromatic rings. The second-order valence-corrected chi connectivity index (χ2v) is 2.45. The highest BCUT2D eigenvalue weighted by Gasteiger charge is 2.04. The molecule has 0 saturated carbocycles. The molecule has 0 bridgehead atoms. The molecule has 0 fully saturated rings. The van der Waals surface area contributed by atoms with Crippen LogP contribution in [0.2, 0.25) is 0 Å². The molecule has 0 radical (unpaired) electrons. The van der Waals surface area contributed by atoms with E-state index in [4.69, 9.17) is 10.8 Å². The van der Waals surface area contributed by atoms with Crippen LogP contribution < -0.4 is 11.3 Å². The Morgan fingerprint density at radius 1 is 1.64 bits per heavy atom. The Balaban J connectivity index is 3.59. The van der Waals surface area contributed by atoms with Gasteiger partial charge in [-0.3, -0.25) is 4.79 Å². The Morgan fingerprint density at radius 2 is 2.18 bits per heavy atom. The van der Waals surface area contributed by atoms with Gasteiger partial charge in [-0.1, -0.05) is 0 Å². The maximum atomic E-state index is 11.1. The largest absolute Gasteiger partial charge is 0.506 e. The van der Waals surface area contributed by atoms with Crippen molar-refractivity contribution in [3.63, 3.8) is 0 Å². The van der Waals surface area contributed by atoms with E-state index in [1.54, 1.807) is 14.0 Å². The lowest BCUT2D eigenvalue weighted by molar-refractivity contribution is 0.474. The van der Waals surface area contributed by atoms with Gasteiger partial charge in [0.2, 0.25) is 0 Å². The second kappa shape index (κ2) is 2.30. The fourth-order valence-electron chi connectivity index (χ4n) is 0.823. The number of nitrogens with two attached hydrogens (primary N) is 1. The van der Waals surface area contributed by atoms with Crippen molar-refractivity contribution < 1.29 is 5.11 Å². The van der Waals surface area contributed by atoms with Gasteiger partial charge in [0.15, 0.2) is 0 Å². The monoisotopic (exact) mass is 154 g/mol. The Hall–Kier alpha value is -1.45. The van der Waals surface area contributed by atoms with E-state index >= 15 is 0 Å². The molecule has 0 amide bonds. The van der Waals surface area contributed by atoms with Crippen LogP contribution in [0.5, 0.6) is 5.75 Å². The minimum atomic E-state index is -0.359. The minimum absolute atomic E-state index is 0.0990. The number of rotatable bonds is 0. The summed E-state index contributed by atoms with van der Waals surface area (Å²) in [6.07, 6.45) is 0. The molecule has 4 nitrogen and oxygen atoms in total. The van der Waals surface area contributed by atoms with Crippen LogP contribution in [0.3, 0.4) is 0 Å². The van der Waals surface area contributed by atoms with Gasteiger partial charge in [0.1, 0.15) is 11.4 Å². The third-order valence-corrected chi connectivity index (χ3v) is 1.69. The lowest BCUT2D eigenvalue weighted by atomic mass is 10.3. The molecule has 11 heavy (non-hydrogen) atoms. The van der Waals surface area contributed by atoms with Crippen LogP contribution >= 0.6 is 0 Å². The van der Waals surface area contributed by atoms with Gasteiger partial charge in [0.05, 0.1) is 0 Å². The van der Waals surface area contributed by atoms with Gasteiger partial charge in [-0.25, -0.2) is 0 Å². The number of aromatic hydroxyl groups is 1. The van der Waals surface area contributed by atoms with Crippen LogP contribution in [-0.4, -0.2) is 9.67 Å². The zero-order chi connectivity index (χ0) is 8.59. The summed E-state index contributed by atoms with van der Waals surface area (Å²) in [6.45, 7) is 1.72. The van der Waals surface area contributed by atoms with Crippen LogP contribution in [-0.2, 0) is 7.05 Å². The van der Waals surface area contributed by atoms with Crippen LogP contribution in [0.15, 0.2) is 10.9 Å². The van der Waals surface area contributed by atoms with Gasteiger partial charge >= 0.3 is 0 Å². The molecule has 0 aliphatic rings. The van der Waals surface area contributed by atoms with Crippen LogP contribution in [0, 0.1) is 6.92 Å². The predicted molar refractivity (Wildman–Crippen MR) is 42.5 cm³/mol. The lowest BCUT2D eigenvalue weighted by Gasteiger charge is -2.04. The first-order valence-electron chi connectivity index (χ1n) is 3.19. The van der Waals surface area contributed by atoms with E-state index in [0.717, 1.165) is 0 Å². The number of pyridine rings is 1. The third kappa shape index (κ3) is 1.07. The normalized spacial score (nSPS) is 10.0. The van der Waals surface area contributed by atoms with E-state index in [9.17, 15) is 4.79 Å². The zero-order valence-corrected chi connectivity index (χ0v) is 6.46. The molecule has 0 saturated heterocycles. The Labute approximate surface area is 63.9 Å². The summed E-state index contributed by atoms with van der Waals surface area (Å²) in [5.74, 6) is -0.148. The summed E-state index contributed by atoms with van der Waals surface area (Å²) in [5, 5.41) is 9.07. The first kappa shape index (κ1) is 7.65. The Bertz CT molecular complexity index is 312. The molecule has 1 rings (SSSR count). The SMILES string of the molecule is Cc1cc(O)c(N)c(=O)n1C. The maximum absolute atomic E-state index is 11.1. The fraction of sp³-hybridized carbons (Fsp3) is 0.286. The number of hydrogen-bond acceptors (Lipinski definition) is 3.